The van der Waals surface area contributed by atoms with E-state index in [0.717, 1.165) is 31.8 Å². The van der Waals surface area contributed by atoms with E-state index in [1.807, 2.05) is 29.7 Å². The van der Waals surface area contributed by atoms with Gasteiger partial charge in [0.25, 0.3) is 0 Å². The molecule has 2 aliphatic heterocycles. The van der Waals surface area contributed by atoms with Gasteiger partial charge < -0.3 is 9.80 Å². The smallest absolute Gasteiger partial charge is 0.245 e. The van der Waals surface area contributed by atoms with Gasteiger partial charge in [-0.05, 0) is 18.4 Å². The van der Waals surface area contributed by atoms with Crippen LogP contribution in [0.1, 0.15) is 37.0 Å². The summed E-state index contributed by atoms with van der Waals surface area (Å²) in [5, 5.41) is 0.334. The number of hydrogen-bond acceptors (Lipinski definition) is 3. The first-order valence-electron chi connectivity index (χ1n) is 8.45. The van der Waals surface area contributed by atoms with Crippen molar-refractivity contribution in [1.29, 1.82) is 0 Å². The van der Waals surface area contributed by atoms with Crippen LogP contribution in [0, 0.1) is 0 Å². The Morgan fingerprint density at radius 2 is 2.09 bits per heavy atom. The predicted octanol–water partition coefficient (Wildman–Crippen LogP) is 2.70. The van der Waals surface area contributed by atoms with Gasteiger partial charge in [0.1, 0.15) is 6.04 Å². The second kappa shape index (κ2) is 7.39. The topological polar surface area (TPSA) is 40.6 Å². The lowest BCUT2D eigenvalue weighted by Gasteiger charge is -2.37. The van der Waals surface area contributed by atoms with Crippen molar-refractivity contribution >= 4 is 23.6 Å². The Hall–Kier alpha value is -1.49. The monoisotopic (exact) mass is 332 g/mol. The van der Waals surface area contributed by atoms with Crippen molar-refractivity contribution in [2.75, 3.05) is 25.4 Å². The molecule has 0 aliphatic carbocycles. The fraction of sp³-hybridized carbons (Fsp3) is 0.556. The molecule has 0 saturated carbocycles. The standard InChI is InChI=1S/C18H24N2O2S/c1-2-15(20-10-6-9-17(20)21)18(22)19-11-12-23-16(13-19)14-7-4-3-5-8-14/h3-5,7-8,15-16H,2,6,9-13H2,1H3/t15-,16-/m1/s1. The number of benzene rings is 1. The Labute approximate surface area is 142 Å². The number of carbonyl (C=O) groups is 2. The van der Waals surface area contributed by atoms with E-state index in [-0.39, 0.29) is 17.9 Å². The van der Waals surface area contributed by atoms with Crippen LogP contribution in [0.5, 0.6) is 0 Å². The summed E-state index contributed by atoms with van der Waals surface area (Å²) in [7, 11) is 0. The highest BCUT2D eigenvalue weighted by Crippen LogP contribution is 2.33. The molecule has 0 aromatic heterocycles. The molecule has 0 N–H and O–H groups in total. The second-order valence-corrected chi connectivity index (χ2v) is 7.48. The van der Waals surface area contributed by atoms with Crippen molar-refractivity contribution in [2.24, 2.45) is 0 Å². The molecular weight excluding hydrogens is 308 g/mol. The molecule has 23 heavy (non-hydrogen) atoms. The summed E-state index contributed by atoms with van der Waals surface area (Å²) >= 11 is 1.92. The van der Waals surface area contributed by atoms with E-state index in [4.69, 9.17) is 0 Å². The summed E-state index contributed by atoms with van der Waals surface area (Å²) in [5.41, 5.74) is 1.28. The molecule has 2 aliphatic rings. The van der Waals surface area contributed by atoms with Gasteiger partial charge in [0.15, 0.2) is 0 Å². The molecule has 2 fully saturated rings. The lowest BCUT2D eigenvalue weighted by Crippen LogP contribution is -2.51. The van der Waals surface area contributed by atoms with Gasteiger partial charge >= 0.3 is 0 Å². The van der Waals surface area contributed by atoms with Crippen molar-refractivity contribution in [1.82, 2.24) is 9.80 Å². The molecule has 0 radical (unpaired) electrons. The average molecular weight is 332 g/mol. The Kier molecular flexibility index (Phi) is 5.26. The van der Waals surface area contributed by atoms with Crippen LogP contribution >= 0.6 is 11.8 Å². The third kappa shape index (κ3) is 3.55. The SMILES string of the molecule is CC[C@H](C(=O)N1CCS[C@@H](c2ccccc2)C1)N1CCCC1=O. The molecule has 4 nitrogen and oxygen atoms in total. The van der Waals surface area contributed by atoms with Gasteiger partial charge in [-0.3, -0.25) is 9.59 Å². The summed E-state index contributed by atoms with van der Waals surface area (Å²) in [6, 6.07) is 10.1. The lowest BCUT2D eigenvalue weighted by atomic mass is 10.1. The highest BCUT2D eigenvalue weighted by Gasteiger charge is 2.35. The van der Waals surface area contributed by atoms with Crippen LogP contribution in [0.3, 0.4) is 0 Å². The predicted molar refractivity (Wildman–Crippen MR) is 93.2 cm³/mol. The highest BCUT2D eigenvalue weighted by molar-refractivity contribution is 7.99. The number of amides is 2. The third-order valence-electron chi connectivity index (χ3n) is 4.71. The van der Waals surface area contributed by atoms with E-state index >= 15 is 0 Å². The van der Waals surface area contributed by atoms with Crippen LogP contribution in [-0.2, 0) is 9.59 Å². The Morgan fingerprint density at radius 1 is 1.30 bits per heavy atom. The molecule has 2 atom stereocenters. The number of carbonyl (C=O) groups excluding carboxylic acids is 2. The molecule has 1 aromatic rings. The van der Waals surface area contributed by atoms with Gasteiger partial charge in [-0.15, -0.1) is 0 Å². The van der Waals surface area contributed by atoms with E-state index in [0.29, 0.717) is 18.1 Å². The second-order valence-electron chi connectivity index (χ2n) is 6.17. The number of hydrogen-bond donors (Lipinski definition) is 0. The minimum atomic E-state index is -0.274. The molecule has 0 spiro atoms. The average Bonchev–Trinajstić information content (AvgIpc) is 3.02. The van der Waals surface area contributed by atoms with Crippen molar-refractivity contribution in [2.45, 2.75) is 37.5 Å². The fourth-order valence-electron chi connectivity index (χ4n) is 3.46. The van der Waals surface area contributed by atoms with Crippen LogP contribution < -0.4 is 0 Å². The quantitative estimate of drug-likeness (QED) is 0.851. The number of rotatable bonds is 4. The highest BCUT2D eigenvalue weighted by atomic mass is 32.2. The summed E-state index contributed by atoms with van der Waals surface area (Å²) in [5.74, 6) is 1.22. The summed E-state index contributed by atoms with van der Waals surface area (Å²) in [6.45, 7) is 4.26. The van der Waals surface area contributed by atoms with E-state index in [9.17, 15) is 9.59 Å². The van der Waals surface area contributed by atoms with Crippen molar-refractivity contribution in [3.63, 3.8) is 0 Å². The first kappa shape index (κ1) is 16.4. The van der Waals surface area contributed by atoms with Crippen molar-refractivity contribution < 1.29 is 9.59 Å². The Bertz CT molecular complexity index is 563. The van der Waals surface area contributed by atoms with Gasteiger partial charge in [-0.1, -0.05) is 37.3 Å². The van der Waals surface area contributed by atoms with E-state index in [1.54, 1.807) is 4.90 Å². The fourth-order valence-corrected chi connectivity index (χ4v) is 4.70. The van der Waals surface area contributed by atoms with E-state index < -0.39 is 0 Å². The first-order chi connectivity index (χ1) is 11.2. The normalized spacial score (nSPS) is 23.2. The Morgan fingerprint density at radius 3 is 2.74 bits per heavy atom. The van der Waals surface area contributed by atoms with Crippen molar-refractivity contribution in [3.8, 4) is 0 Å². The van der Waals surface area contributed by atoms with Gasteiger partial charge in [0, 0.05) is 37.1 Å². The van der Waals surface area contributed by atoms with Gasteiger partial charge in [-0.2, -0.15) is 11.8 Å². The maximum atomic E-state index is 13.0. The zero-order valence-electron chi connectivity index (χ0n) is 13.6. The summed E-state index contributed by atoms with van der Waals surface area (Å²) in [6.07, 6.45) is 2.17. The molecule has 2 saturated heterocycles. The Balaban J connectivity index is 1.70. The van der Waals surface area contributed by atoms with Crippen LogP contribution in [0.2, 0.25) is 0 Å². The van der Waals surface area contributed by atoms with Crippen LogP contribution in [0.4, 0.5) is 0 Å². The van der Waals surface area contributed by atoms with Crippen LogP contribution in [0.15, 0.2) is 30.3 Å². The molecule has 0 bridgehead atoms. The summed E-state index contributed by atoms with van der Waals surface area (Å²) in [4.78, 5) is 28.7. The van der Waals surface area contributed by atoms with Gasteiger partial charge in [0.2, 0.25) is 11.8 Å². The van der Waals surface area contributed by atoms with E-state index in [1.165, 1.54) is 5.56 Å². The maximum absolute atomic E-state index is 13.0. The van der Waals surface area contributed by atoms with Gasteiger partial charge in [-0.25, -0.2) is 0 Å². The number of nitrogens with zero attached hydrogens (tertiary/aromatic N) is 2. The first-order valence-corrected chi connectivity index (χ1v) is 9.50. The molecule has 2 amide bonds. The van der Waals surface area contributed by atoms with Crippen molar-refractivity contribution in [3.05, 3.63) is 35.9 Å². The molecule has 5 heteroatoms. The summed E-state index contributed by atoms with van der Waals surface area (Å²) < 4.78 is 0. The minimum Gasteiger partial charge on any atom is -0.339 e. The molecule has 3 rings (SSSR count). The third-order valence-corrected chi connectivity index (χ3v) is 5.95. The minimum absolute atomic E-state index is 0.129. The lowest BCUT2D eigenvalue weighted by molar-refractivity contribution is -0.143. The molecule has 1 aromatic carbocycles. The van der Waals surface area contributed by atoms with Gasteiger partial charge in [0.05, 0.1) is 0 Å². The van der Waals surface area contributed by atoms with Crippen LogP contribution in [-0.4, -0.2) is 53.0 Å². The zero-order chi connectivity index (χ0) is 16.2. The number of likely N-dealkylation sites (tertiary alicyclic amines) is 1. The van der Waals surface area contributed by atoms with E-state index in [2.05, 4.69) is 24.3 Å². The maximum Gasteiger partial charge on any atom is 0.245 e. The molecule has 0 unspecified atom stereocenters. The molecule has 2 heterocycles. The largest absolute Gasteiger partial charge is 0.339 e. The molecular formula is C18H24N2O2S. The van der Waals surface area contributed by atoms with Crippen LogP contribution in [0.25, 0.3) is 0 Å². The zero-order valence-corrected chi connectivity index (χ0v) is 14.4. The number of thioether (sulfide) groups is 1. The molecule has 124 valence electrons.